The van der Waals surface area contributed by atoms with Crippen LogP contribution in [0.25, 0.3) is 0 Å². The van der Waals surface area contributed by atoms with Crippen LogP contribution in [-0.2, 0) is 19.0 Å². The van der Waals surface area contributed by atoms with Crippen LogP contribution >= 0.6 is 0 Å². The van der Waals surface area contributed by atoms with Crippen molar-refractivity contribution in [3.63, 3.8) is 0 Å². The highest BCUT2D eigenvalue weighted by molar-refractivity contribution is 5.85. The molecule has 148 valence electrons. The van der Waals surface area contributed by atoms with Crippen molar-refractivity contribution >= 4 is 17.3 Å². The first-order valence-corrected chi connectivity index (χ1v) is 8.59. The summed E-state index contributed by atoms with van der Waals surface area (Å²) in [7, 11) is 0. The Morgan fingerprint density at radius 1 is 0.897 bits per heavy atom. The second kappa shape index (κ2) is 7.08. The minimum absolute atomic E-state index is 0.0605. The van der Waals surface area contributed by atoms with Gasteiger partial charge in [-0.1, -0.05) is 0 Å². The first-order valence-electron chi connectivity index (χ1n) is 8.59. The highest BCUT2D eigenvalue weighted by Gasteiger charge is 2.47. The van der Waals surface area contributed by atoms with Gasteiger partial charge in [0.05, 0.1) is 16.0 Å². The van der Waals surface area contributed by atoms with E-state index in [1.165, 1.54) is 48.6 Å². The van der Waals surface area contributed by atoms with Gasteiger partial charge in [0.1, 0.15) is 0 Å². The van der Waals surface area contributed by atoms with Gasteiger partial charge in [-0.3, -0.25) is 20.2 Å². The number of rotatable bonds is 4. The van der Waals surface area contributed by atoms with Gasteiger partial charge in [0.25, 0.3) is 11.4 Å². The maximum absolute atomic E-state index is 11.7. The van der Waals surface area contributed by atoms with Crippen molar-refractivity contribution in [2.24, 2.45) is 0 Å². The highest BCUT2D eigenvalue weighted by atomic mass is 16.8. The van der Waals surface area contributed by atoms with Crippen molar-refractivity contribution in [2.45, 2.75) is 24.6 Å². The van der Waals surface area contributed by atoms with Crippen LogP contribution in [0, 0.1) is 20.2 Å². The highest BCUT2D eigenvalue weighted by Crippen LogP contribution is 2.45. The maximum Gasteiger partial charge on any atom is 0.333 e. The monoisotopic (exact) mass is 398 g/mol. The number of nitro benzene ring substituents is 2. The molecule has 1 spiro atoms. The summed E-state index contributed by atoms with van der Waals surface area (Å²) in [5.41, 5.74) is 0.993. The van der Waals surface area contributed by atoms with Crippen molar-refractivity contribution in [1.82, 2.24) is 0 Å². The van der Waals surface area contributed by atoms with E-state index in [0.717, 1.165) is 0 Å². The summed E-state index contributed by atoms with van der Waals surface area (Å²) in [4.78, 5) is 32.4. The standard InChI is InChI=1S/C19H14N2O8/c22-17-9-10-19(28-17)11-16(12-1-5-14(6-2-12)20(23)24)27-18(29-19)13-3-7-15(8-4-13)21(25)26/h1-10,16,18H,11H2/t16-,18+,19-/m0/s1. The predicted molar refractivity (Wildman–Crippen MR) is 96.4 cm³/mol. The van der Waals surface area contributed by atoms with Crippen molar-refractivity contribution in [2.75, 3.05) is 0 Å². The number of carbonyl (C=O) groups is 1. The molecule has 0 aliphatic carbocycles. The molecule has 10 heteroatoms. The summed E-state index contributed by atoms with van der Waals surface area (Å²) in [6, 6.07) is 11.5. The molecule has 2 aliphatic rings. The van der Waals surface area contributed by atoms with Gasteiger partial charge in [-0.15, -0.1) is 0 Å². The summed E-state index contributed by atoms with van der Waals surface area (Å²) < 4.78 is 17.2. The molecule has 2 aromatic rings. The van der Waals surface area contributed by atoms with Crippen molar-refractivity contribution in [1.29, 1.82) is 0 Å². The quantitative estimate of drug-likeness (QED) is 0.434. The third kappa shape index (κ3) is 3.71. The third-order valence-corrected chi connectivity index (χ3v) is 4.66. The van der Waals surface area contributed by atoms with Gasteiger partial charge in [0.2, 0.25) is 5.79 Å². The van der Waals surface area contributed by atoms with E-state index < -0.39 is 34.0 Å². The van der Waals surface area contributed by atoms with E-state index >= 15 is 0 Å². The minimum atomic E-state index is -1.35. The fraction of sp³-hybridized carbons (Fsp3) is 0.211. The van der Waals surface area contributed by atoms with Crippen molar-refractivity contribution in [3.8, 4) is 0 Å². The van der Waals surface area contributed by atoms with Gasteiger partial charge < -0.3 is 14.2 Å². The van der Waals surface area contributed by atoms with Crippen LogP contribution < -0.4 is 0 Å². The number of hydrogen-bond donors (Lipinski definition) is 0. The zero-order valence-corrected chi connectivity index (χ0v) is 14.8. The molecule has 0 N–H and O–H groups in total. The van der Waals surface area contributed by atoms with Crippen LogP contribution in [-0.4, -0.2) is 21.6 Å². The predicted octanol–water partition coefficient (Wildman–Crippen LogP) is 3.49. The molecular weight excluding hydrogens is 384 g/mol. The van der Waals surface area contributed by atoms with Gasteiger partial charge in [-0.25, -0.2) is 4.79 Å². The Balaban J connectivity index is 1.65. The molecule has 3 atom stereocenters. The lowest BCUT2D eigenvalue weighted by atomic mass is 9.98. The summed E-state index contributed by atoms with van der Waals surface area (Å²) >= 11 is 0. The number of nitro groups is 2. The molecule has 0 unspecified atom stereocenters. The Morgan fingerprint density at radius 3 is 1.93 bits per heavy atom. The smallest absolute Gasteiger partial charge is 0.333 e. The van der Waals surface area contributed by atoms with Gasteiger partial charge >= 0.3 is 5.97 Å². The van der Waals surface area contributed by atoms with Crippen LogP contribution in [0.1, 0.15) is 29.9 Å². The van der Waals surface area contributed by atoms with E-state index in [-0.39, 0.29) is 17.8 Å². The maximum atomic E-state index is 11.7. The number of benzene rings is 2. The first-order chi connectivity index (χ1) is 13.8. The molecule has 4 rings (SSSR count). The SMILES string of the molecule is O=C1C=C[C@]2(C[C@@H](c3ccc([N+](=O)[O-])cc3)O[C@@H](c3ccc([N+](=O)[O-])cc3)O2)O1. The van der Waals surface area contributed by atoms with E-state index in [2.05, 4.69) is 0 Å². The van der Waals surface area contributed by atoms with Crippen LogP contribution in [0.3, 0.4) is 0 Å². The summed E-state index contributed by atoms with van der Waals surface area (Å²) in [6.07, 6.45) is 1.33. The average Bonchev–Trinajstić information content (AvgIpc) is 3.07. The van der Waals surface area contributed by atoms with Crippen LogP contribution in [0.2, 0.25) is 0 Å². The lowest BCUT2D eigenvalue weighted by Gasteiger charge is -2.40. The Labute approximate surface area is 163 Å². The zero-order chi connectivity index (χ0) is 20.6. The lowest BCUT2D eigenvalue weighted by molar-refractivity contribution is -0.385. The first kappa shape index (κ1) is 18.7. The van der Waals surface area contributed by atoms with E-state index in [1.807, 2.05) is 0 Å². The second-order valence-corrected chi connectivity index (χ2v) is 6.54. The number of carbonyl (C=O) groups excluding carboxylic acids is 1. The summed E-state index contributed by atoms with van der Waals surface area (Å²) in [6.45, 7) is 0. The van der Waals surface area contributed by atoms with E-state index in [4.69, 9.17) is 14.2 Å². The summed E-state index contributed by atoms with van der Waals surface area (Å²) in [5, 5.41) is 21.8. The van der Waals surface area contributed by atoms with Gasteiger partial charge in [-0.05, 0) is 35.9 Å². The lowest BCUT2D eigenvalue weighted by Crippen LogP contribution is -2.41. The molecule has 1 saturated heterocycles. The molecule has 2 heterocycles. The molecule has 0 saturated carbocycles. The third-order valence-electron chi connectivity index (χ3n) is 4.66. The number of non-ortho nitro benzene ring substituents is 2. The number of esters is 1. The van der Waals surface area contributed by atoms with E-state index in [9.17, 15) is 25.0 Å². The summed E-state index contributed by atoms with van der Waals surface area (Å²) in [5.74, 6) is -1.91. The van der Waals surface area contributed by atoms with Crippen molar-refractivity contribution < 1.29 is 28.9 Å². The van der Waals surface area contributed by atoms with E-state index in [0.29, 0.717) is 11.1 Å². The van der Waals surface area contributed by atoms with Crippen molar-refractivity contribution in [3.05, 3.63) is 92.0 Å². The second-order valence-electron chi connectivity index (χ2n) is 6.54. The average molecular weight is 398 g/mol. The van der Waals surface area contributed by atoms with Crippen LogP contribution in [0.4, 0.5) is 11.4 Å². The van der Waals surface area contributed by atoms with Gasteiger partial charge in [-0.2, -0.15) is 0 Å². The molecule has 0 radical (unpaired) electrons. The van der Waals surface area contributed by atoms with E-state index in [1.54, 1.807) is 12.1 Å². The Bertz CT molecular complexity index is 934. The molecule has 0 amide bonds. The largest absolute Gasteiger partial charge is 0.426 e. The Kier molecular flexibility index (Phi) is 4.57. The molecule has 1 fully saturated rings. The molecule has 0 bridgehead atoms. The van der Waals surface area contributed by atoms with Gasteiger partial charge in [0.15, 0.2) is 6.29 Å². The van der Waals surface area contributed by atoms with Gasteiger partial charge in [0, 0.05) is 42.3 Å². The number of hydrogen-bond acceptors (Lipinski definition) is 8. The Morgan fingerprint density at radius 2 is 1.45 bits per heavy atom. The zero-order valence-electron chi connectivity index (χ0n) is 14.8. The molecular formula is C19H14N2O8. The molecule has 29 heavy (non-hydrogen) atoms. The normalized spacial score (nSPS) is 25.7. The topological polar surface area (TPSA) is 131 Å². The molecule has 10 nitrogen and oxygen atoms in total. The fourth-order valence-corrected chi connectivity index (χ4v) is 3.23. The fourth-order valence-electron chi connectivity index (χ4n) is 3.23. The number of ether oxygens (including phenoxy) is 3. The van der Waals surface area contributed by atoms with Crippen LogP contribution in [0.15, 0.2) is 60.7 Å². The molecule has 2 aliphatic heterocycles. The minimum Gasteiger partial charge on any atom is -0.426 e. The number of nitrogens with zero attached hydrogens (tertiary/aromatic N) is 2. The molecule has 0 aromatic heterocycles. The van der Waals surface area contributed by atoms with Crippen LogP contribution in [0.5, 0.6) is 0 Å². The molecule has 2 aromatic carbocycles. The Hall–Kier alpha value is -3.63.